The Hall–Kier alpha value is -3.45. The average molecular weight is 472 g/mol. The van der Waals surface area contributed by atoms with Crippen LogP contribution in [0.3, 0.4) is 0 Å². The highest BCUT2D eigenvalue weighted by Crippen LogP contribution is 2.35. The molecule has 0 atom stereocenters. The van der Waals surface area contributed by atoms with Crippen LogP contribution in [0.15, 0.2) is 72.8 Å². The molecule has 35 heavy (non-hydrogen) atoms. The van der Waals surface area contributed by atoms with Gasteiger partial charge in [0.25, 0.3) is 5.82 Å². The molecule has 0 aliphatic rings. The smallest absolute Gasteiger partial charge is 0.289 e. The van der Waals surface area contributed by atoms with Crippen LogP contribution in [0.4, 0.5) is 0 Å². The van der Waals surface area contributed by atoms with Gasteiger partial charge in [0.1, 0.15) is 12.4 Å². The van der Waals surface area contributed by atoms with Crippen molar-refractivity contribution in [2.45, 2.75) is 0 Å². The molecule has 1 heterocycles. The Labute approximate surface area is 204 Å². The summed E-state index contributed by atoms with van der Waals surface area (Å²) in [6.07, 6.45) is 0. The topological polar surface area (TPSA) is 56.7 Å². The van der Waals surface area contributed by atoms with Crippen LogP contribution in [-0.4, -0.2) is 49.3 Å². The van der Waals surface area contributed by atoms with Crippen molar-refractivity contribution in [2.75, 3.05) is 39.6 Å². The van der Waals surface area contributed by atoms with Crippen molar-refractivity contribution in [3.05, 3.63) is 72.8 Å². The molecule has 0 aliphatic heterocycles. The lowest BCUT2D eigenvalue weighted by Crippen LogP contribution is -2.30. The first-order valence-electron chi connectivity index (χ1n) is 12.0. The normalized spacial score (nSPS) is 11.6. The number of nitrogens with zero attached hydrogens (tertiary/aromatic N) is 2. The largest absolute Gasteiger partial charge is 0.491 e. The van der Waals surface area contributed by atoms with Gasteiger partial charge in [-0.25, -0.2) is 9.13 Å². The van der Waals surface area contributed by atoms with Gasteiger partial charge in [-0.15, -0.1) is 0 Å². The molecule has 0 saturated heterocycles. The summed E-state index contributed by atoms with van der Waals surface area (Å²) in [6, 6.07) is 25.5. The molecular formula is C29H31N2O4+. The maximum absolute atomic E-state index is 8.69. The van der Waals surface area contributed by atoms with E-state index in [1.165, 1.54) is 32.6 Å². The SMILES string of the molecule is Cn1c(-c2ccc(OCCOCCOCCO)cc2)[n+](C)c2c3ccccc3c3ccccc3c21. The zero-order valence-electron chi connectivity index (χ0n) is 20.2. The maximum atomic E-state index is 8.69. The van der Waals surface area contributed by atoms with E-state index in [-0.39, 0.29) is 6.61 Å². The number of hydrogen-bond donors (Lipinski definition) is 1. The fraction of sp³-hybridized carbons (Fsp3) is 0.276. The summed E-state index contributed by atoms with van der Waals surface area (Å²) in [4.78, 5) is 0. The molecule has 0 radical (unpaired) electrons. The van der Waals surface area contributed by atoms with Gasteiger partial charge in [-0.1, -0.05) is 36.4 Å². The van der Waals surface area contributed by atoms with Crippen molar-refractivity contribution in [1.29, 1.82) is 0 Å². The summed E-state index contributed by atoms with van der Waals surface area (Å²) in [6.45, 7) is 2.29. The Bertz CT molecular complexity index is 1380. The van der Waals surface area contributed by atoms with E-state index in [1.54, 1.807) is 0 Å². The van der Waals surface area contributed by atoms with Gasteiger partial charge in [-0.2, -0.15) is 0 Å². The molecule has 0 fully saturated rings. The minimum atomic E-state index is 0.0309. The summed E-state index contributed by atoms with van der Waals surface area (Å²) in [5.74, 6) is 1.95. The average Bonchev–Trinajstić information content (AvgIpc) is 3.16. The molecule has 0 saturated carbocycles. The summed E-state index contributed by atoms with van der Waals surface area (Å²) >= 11 is 0. The Morgan fingerprint density at radius 3 is 1.97 bits per heavy atom. The molecule has 0 spiro atoms. The Balaban J connectivity index is 1.41. The number of aliphatic hydroxyl groups excluding tert-OH is 1. The second-order valence-corrected chi connectivity index (χ2v) is 8.55. The van der Waals surface area contributed by atoms with Crippen molar-refractivity contribution in [1.82, 2.24) is 4.57 Å². The monoisotopic (exact) mass is 471 g/mol. The summed E-state index contributed by atoms with van der Waals surface area (Å²) in [5, 5.41) is 13.7. The zero-order valence-corrected chi connectivity index (χ0v) is 20.2. The number of fused-ring (bicyclic) bond motifs is 6. The van der Waals surface area contributed by atoms with Crippen molar-refractivity contribution in [2.24, 2.45) is 14.1 Å². The van der Waals surface area contributed by atoms with Crippen LogP contribution >= 0.6 is 0 Å². The zero-order chi connectivity index (χ0) is 24.2. The second-order valence-electron chi connectivity index (χ2n) is 8.55. The molecule has 0 aliphatic carbocycles. The third-order valence-corrected chi connectivity index (χ3v) is 6.40. The van der Waals surface area contributed by atoms with E-state index in [0.717, 1.165) is 17.1 Å². The van der Waals surface area contributed by atoms with Gasteiger partial charge in [-0.3, -0.25) is 0 Å². The lowest BCUT2D eigenvalue weighted by Gasteiger charge is -2.08. The predicted octanol–water partition coefficient (Wildman–Crippen LogP) is 4.38. The first-order valence-corrected chi connectivity index (χ1v) is 12.0. The van der Waals surface area contributed by atoms with E-state index in [4.69, 9.17) is 19.3 Å². The molecule has 1 N–H and O–H groups in total. The van der Waals surface area contributed by atoms with Gasteiger partial charge < -0.3 is 19.3 Å². The van der Waals surface area contributed by atoms with Gasteiger partial charge in [-0.05, 0) is 47.2 Å². The summed E-state index contributed by atoms with van der Waals surface area (Å²) in [5.41, 5.74) is 3.60. The number of aryl methyl sites for hydroxylation is 2. The Morgan fingerprint density at radius 2 is 1.29 bits per heavy atom. The van der Waals surface area contributed by atoms with Gasteiger partial charge >= 0.3 is 0 Å². The summed E-state index contributed by atoms with van der Waals surface area (Å²) < 4.78 is 21.1. The van der Waals surface area contributed by atoms with Crippen molar-refractivity contribution >= 4 is 32.6 Å². The molecule has 5 aromatic rings. The minimum absolute atomic E-state index is 0.0309. The highest BCUT2D eigenvalue weighted by Gasteiger charge is 2.26. The van der Waals surface area contributed by atoms with Crippen molar-refractivity contribution in [3.63, 3.8) is 0 Å². The van der Waals surface area contributed by atoms with Crippen LogP contribution in [0.1, 0.15) is 0 Å². The molecule has 6 heteroatoms. The highest BCUT2D eigenvalue weighted by molar-refractivity contribution is 6.22. The minimum Gasteiger partial charge on any atom is -0.491 e. The second kappa shape index (κ2) is 10.4. The molecule has 180 valence electrons. The summed E-state index contributed by atoms with van der Waals surface area (Å²) in [7, 11) is 4.29. The van der Waals surface area contributed by atoms with Crippen LogP contribution in [0, 0.1) is 0 Å². The molecule has 4 aromatic carbocycles. The number of benzene rings is 4. The molecular weight excluding hydrogens is 440 g/mol. The molecule has 0 unspecified atom stereocenters. The van der Waals surface area contributed by atoms with Gasteiger partial charge in [0, 0.05) is 10.8 Å². The molecule has 1 aromatic heterocycles. The van der Waals surface area contributed by atoms with Crippen LogP contribution in [0.25, 0.3) is 44.0 Å². The van der Waals surface area contributed by atoms with Crippen LogP contribution in [0.5, 0.6) is 5.75 Å². The van der Waals surface area contributed by atoms with E-state index in [9.17, 15) is 0 Å². The number of rotatable bonds is 10. The number of aliphatic hydroxyl groups is 1. The van der Waals surface area contributed by atoms with Gasteiger partial charge in [0.05, 0.1) is 52.7 Å². The lowest BCUT2D eigenvalue weighted by atomic mass is 10.00. The number of ether oxygens (including phenoxy) is 3. The Kier molecular flexibility index (Phi) is 6.95. The van der Waals surface area contributed by atoms with Crippen LogP contribution in [-0.2, 0) is 23.6 Å². The van der Waals surface area contributed by atoms with E-state index in [0.29, 0.717) is 33.0 Å². The van der Waals surface area contributed by atoms with Gasteiger partial charge in [0.15, 0.2) is 11.0 Å². The Morgan fingerprint density at radius 1 is 0.714 bits per heavy atom. The van der Waals surface area contributed by atoms with Crippen LogP contribution in [0.2, 0.25) is 0 Å². The quantitative estimate of drug-likeness (QED) is 0.187. The maximum Gasteiger partial charge on any atom is 0.289 e. The molecule has 0 bridgehead atoms. The van der Waals surface area contributed by atoms with E-state index < -0.39 is 0 Å². The first kappa shape index (κ1) is 23.3. The van der Waals surface area contributed by atoms with Gasteiger partial charge in [0.2, 0.25) is 0 Å². The van der Waals surface area contributed by atoms with E-state index >= 15 is 0 Å². The molecule has 6 nitrogen and oxygen atoms in total. The fourth-order valence-corrected chi connectivity index (χ4v) is 4.91. The third-order valence-electron chi connectivity index (χ3n) is 6.40. The van der Waals surface area contributed by atoms with E-state index in [1.807, 2.05) is 12.1 Å². The van der Waals surface area contributed by atoms with Crippen LogP contribution < -0.4 is 9.30 Å². The van der Waals surface area contributed by atoms with Crippen molar-refractivity contribution in [3.8, 4) is 17.1 Å². The van der Waals surface area contributed by atoms with E-state index in [2.05, 4.69) is 83.9 Å². The molecule has 0 amide bonds. The number of aromatic nitrogens is 2. The molecule has 5 rings (SSSR count). The standard InChI is InChI=1S/C29H31N2O4/c1-30-27-25-9-5-3-7-23(25)24-8-4-6-10-26(24)28(27)31(2)29(30)21-11-13-22(14-12-21)35-20-19-34-18-17-33-16-15-32/h3-14,32H,15-20H2,1-2H3/q+1. The number of imidazole rings is 1. The number of hydrogen-bond acceptors (Lipinski definition) is 4. The lowest BCUT2D eigenvalue weighted by molar-refractivity contribution is -0.633. The third kappa shape index (κ3) is 4.48. The predicted molar refractivity (Wildman–Crippen MR) is 139 cm³/mol. The fourth-order valence-electron chi connectivity index (χ4n) is 4.91. The van der Waals surface area contributed by atoms with Crippen molar-refractivity contribution < 1.29 is 23.9 Å². The first-order chi connectivity index (χ1) is 17.2. The highest BCUT2D eigenvalue weighted by atomic mass is 16.5.